The smallest absolute Gasteiger partial charge is 0.127 e. The molecule has 3 aromatic rings. The number of nitrogens with zero attached hydrogens (tertiary/aromatic N) is 4. The summed E-state index contributed by atoms with van der Waals surface area (Å²) in [6.45, 7) is 9.02. The van der Waals surface area contributed by atoms with Gasteiger partial charge in [-0.1, -0.05) is 6.58 Å². The number of hydrogen-bond acceptors (Lipinski definition) is 5. The minimum absolute atomic E-state index is 0.165. The third kappa shape index (κ3) is 3.31. The molecule has 2 aromatic heterocycles. The fourth-order valence-corrected chi connectivity index (χ4v) is 5.27. The van der Waals surface area contributed by atoms with E-state index in [0.717, 1.165) is 29.8 Å². The van der Waals surface area contributed by atoms with E-state index in [2.05, 4.69) is 40.7 Å². The lowest BCUT2D eigenvalue weighted by molar-refractivity contribution is 0.201. The Morgan fingerprint density at radius 2 is 1.93 bits per heavy atom. The molecule has 4 heterocycles. The summed E-state index contributed by atoms with van der Waals surface area (Å²) in [7, 11) is 0. The lowest BCUT2D eigenvalue weighted by atomic mass is 9.76. The summed E-state index contributed by atoms with van der Waals surface area (Å²) in [5.41, 5.74) is 4.43. The van der Waals surface area contributed by atoms with E-state index in [9.17, 15) is 5.11 Å². The normalized spacial score (nSPS) is 27.9. The minimum atomic E-state index is 0.165. The number of aromatic nitrogens is 4. The maximum Gasteiger partial charge on any atom is 0.127 e. The molecule has 0 spiro atoms. The minimum Gasteiger partial charge on any atom is -0.507 e. The van der Waals surface area contributed by atoms with E-state index in [-0.39, 0.29) is 16.8 Å². The monoisotopic (exact) mass is 401 g/mol. The Bertz CT molecular complexity index is 1070. The number of allylic oxidation sites excluding steroid dienone is 1. The van der Waals surface area contributed by atoms with Gasteiger partial charge < -0.3 is 15.0 Å². The van der Waals surface area contributed by atoms with Gasteiger partial charge in [-0.2, -0.15) is 0 Å². The third-order valence-electron chi connectivity index (χ3n) is 6.76. The average Bonchev–Trinajstić information content (AvgIpc) is 3.33. The highest BCUT2D eigenvalue weighted by atomic mass is 16.3. The summed E-state index contributed by atoms with van der Waals surface area (Å²) >= 11 is 0. The first-order chi connectivity index (χ1) is 14.3. The van der Waals surface area contributed by atoms with Crippen LogP contribution in [-0.2, 0) is 0 Å². The van der Waals surface area contributed by atoms with E-state index in [1.54, 1.807) is 31.0 Å². The van der Waals surface area contributed by atoms with Crippen LogP contribution in [0.1, 0.15) is 45.2 Å². The summed E-state index contributed by atoms with van der Waals surface area (Å²) in [6.07, 6.45) is 13.4. The number of phenolic OH excluding ortho intramolecular Hbond substituents is 1. The summed E-state index contributed by atoms with van der Waals surface area (Å²) in [4.78, 5) is 13.3. The first kappa shape index (κ1) is 19.0. The molecule has 0 radical (unpaired) electrons. The molecular weight excluding hydrogens is 374 g/mol. The zero-order valence-corrected chi connectivity index (χ0v) is 17.5. The molecule has 2 fully saturated rings. The molecule has 0 amide bonds. The SMILES string of the molecule is C=C(c1cnc(-c2ccc(-n3ccnc3)cc2O)cn1)[C@H]1C[C@]2(C)CC[C@](C)(C1)N2. The number of fused-ring (bicyclic) bond motifs is 2. The van der Waals surface area contributed by atoms with E-state index < -0.39 is 0 Å². The van der Waals surface area contributed by atoms with Crippen LogP contribution in [0.3, 0.4) is 0 Å². The van der Waals surface area contributed by atoms with Crippen LogP contribution < -0.4 is 5.32 Å². The third-order valence-corrected chi connectivity index (χ3v) is 6.76. The second-order valence-corrected chi connectivity index (χ2v) is 9.34. The zero-order valence-electron chi connectivity index (χ0n) is 17.5. The molecule has 5 rings (SSSR count). The first-order valence-corrected chi connectivity index (χ1v) is 10.5. The lowest BCUT2D eigenvalue weighted by Crippen LogP contribution is -2.53. The van der Waals surface area contributed by atoms with Crippen molar-refractivity contribution in [2.45, 2.75) is 50.6 Å². The summed E-state index contributed by atoms with van der Waals surface area (Å²) < 4.78 is 1.84. The van der Waals surface area contributed by atoms with E-state index in [1.807, 2.05) is 22.9 Å². The molecule has 2 bridgehead atoms. The molecule has 1 aromatic carbocycles. The Kier molecular flexibility index (Phi) is 4.29. The van der Waals surface area contributed by atoms with Crippen LogP contribution in [0.15, 0.2) is 55.9 Å². The molecule has 30 heavy (non-hydrogen) atoms. The van der Waals surface area contributed by atoms with Crippen molar-refractivity contribution in [3.63, 3.8) is 0 Å². The van der Waals surface area contributed by atoms with Crippen molar-refractivity contribution in [1.29, 1.82) is 0 Å². The topological polar surface area (TPSA) is 75.9 Å². The van der Waals surface area contributed by atoms with Crippen LogP contribution >= 0.6 is 0 Å². The van der Waals surface area contributed by atoms with Gasteiger partial charge in [0, 0.05) is 35.1 Å². The predicted molar refractivity (Wildman–Crippen MR) is 117 cm³/mol. The Morgan fingerprint density at radius 1 is 1.17 bits per heavy atom. The molecule has 0 unspecified atom stereocenters. The standard InChI is InChI=1S/C24H27N5O/c1-16(17-11-23(2)6-7-24(3,12-17)28-23)20-13-27-21(14-26-20)19-5-4-18(10-22(19)30)29-9-8-25-15-29/h4-5,8-10,13-15,17,28,30H,1,6-7,11-12H2,2-3H3/t17-,23-,24+. The Hall–Kier alpha value is -2.99. The predicted octanol–water partition coefficient (Wildman–Crippen LogP) is 4.36. The van der Waals surface area contributed by atoms with E-state index in [4.69, 9.17) is 0 Å². The quantitative estimate of drug-likeness (QED) is 0.679. The molecule has 6 nitrogen and oxygen atoms in total. The maximum atomic E-state index is 10.5. The van der Waals surface area contributed by atoms with Gasteiger partial charge in [0.25, 0.3) is 0 Å². The molecule has 2 saturated heterocycles. The molecule has 2 aliphatic rings. The molecule has 0 aliphatic carbocycles. The number of phenols is 1. The van der Waals surface area contributed by atoms with E-state index >= 15 is 0 Å². The fourth-order valence-electron chi connectivity index (χ4n) is 5.27. The molecule has 3 atom stereocenters. The lowest BCUT2D eigenvalue weighted by Gasteiger charge is -2.42. The Labute approximate surface area is 176 Å². The largest absolute Gasteiger partial charge is 0.507 e. The van der Waals surface area contributed by atoms with Crippen LogP contribution in [0, 0.1) is 5.92 Å². The van der Waals surface area contributed by atoms with Crippen LogP contribution in [0.25, 0.3) is 22.5 Å². The highest BCUT2D eigenvalue weighted by Crippen LogP contribution is 2.48. The highest BCUT2D eigenvalue weighted by Gasteiger charge is 2.49. The maximum absolute atomic E-state index is 10.5. The molecule has 2 aliphatic heterocycles. The number of aromatic hydroxyl groups is 1. The highest BCUT2D eigenvalue weighted by molar-refractivity contribution is 5.69. The summed E-state index contributed by atoms with van der Waals surface area (Å²) in [6, 6.07) is 5.49. The Balaban J connectivity index is 1.36. The number of imidazole rings is 1. The van der Waals surface area contributed by atoms with Gasteiger partial charge in [-0.25, -0.2) is 4.98 Å². The molecular formula is C24H27N5O. The van der Waals surface area contributed by atoms with E-state index in [1.165, 1.54) is 12.8 Å². The van der Waals surface area contributed by atoms with Crippen LogP contribution in [0.2, 0.25) is 0 Å². The van der Waals surface area contributed by atoms with Gasteiger partial charge in [-0.15, -0.1) is 0 Å². The molecule has 6 heteroatoms. The number of piperidine rings is 1. The van der Waals surface area contributed by atoms with Crippen molar-refractivity contribution in [2.75, 3.05) is 0 Å². The van der Waals surface area contributed by atoms with Gasteiger partial charge in [-0.3, -0.25) is 9.97 Å². The van der Waals surface area contributed by atoms with Gasteiger partial charge in [0.1, 0.15) is 5.75 Å². The van der Waals surface area contributed by atoms with Crippen molar-refractivity contribution in [3.05, 3.63) is 61.6 Å². The van der Waals surface area contributed by atoms with Gasteiger partial charge >= 0.3 is 0 Å². The average molecular weight is 402 g/mol. The molecule has 154 valence electrons. The fraction of sp³-hybridized carbons (Fsp3) is 0.375. The molecule has 2 N–H and O–H groups in total. The second-order valence-electron chi connectivity index (χ2n) is 9.34. The van der Waals surface area contributed by atoms with Crippen molar-refractivity contribution in [2.24, 2.45) is 5.92 Å². The van der Waals surface area contributed by atoms with Crippen molar-refractivity contribution in [3.8, 4) is 22.7 Å². The number of rotatable bonds is 4. The van der Waals surface area contributed by atoms with Crippen LogP contribution in [0.4, 0.5) is 0 Å². The van der Waals surface area contributed by atoms with Gasteiger partial charge in [0.05, 0.1) is 35.8 Å². The second kappa shape index (κ2) is 6.77. The number of nitrogens with one attached hydrogen (secondary N) is 1. The first-order valence-electron chi connectivity index (χ1n) is 10.5. The van der Waals surface area contributed by atoms with Crippen molar-refractivity contribution in [1.82, 2.24) is 24.8 Å². The van der Waals surface area contributed by atoms with Gasteiger partial charge in [0.2, 0.25) is 0 Å². The zero-order chi connectivity index (χ0) is 20.9. The van der Waals surface area contributed by atoms with Crippen LogP contribution in [0.5, 0.6) is 5.75 Å². The summed E-state index contributed by atoms with van der Waals surface area (Å²) in [5, 5.41) is 14.3. The summed E-state index contributed by atoms with van der Waals surface area (Å²) in [5.74, 6) is 0.574. The Morgan fingerprint density at radius 3 is 2.53 bits per heavy atom. The van der Waals surface area contributed by atoms with Gasteiger partial charge in [-0.05, 0) is 63.2 Å². The van der Waals surface area contributed by atoms with E-state index in [0.29, 0.717) is 17.2 Å². The van der Waals surface area contributed by atoms with Crippen LogP contribution in [-0.4, -0.2) is 35.7 Å². The number of hydrogen-bond donors (Lipinski definition) is 2. The van der Waals surface area contributed by atoms with Crippen molar-refractivity contribution < 1.29 is 5.11 Å². The van der Waals surface area contributed by atoms with Gasteiger partial charge in [0.15, 0.2) is 0 Å². The van der Waals surface area contributed by atoms with Crippen molar-refractivity contribution >= 4 is 5.57 Å². The number of benzene rings is 1. The molecule has 0 saturated carbocycles.